The molecule has 0 bridgehead atoms. The van der Waals surface area contributed by atoms with Gasteiger partial charge in [0.25, 0.3) is 0 Å². The fourth-order valence-corrected chi connectivity index (χ4v) is 4.28. The number of thioether (sulfide) groups is 1. The molecule has 3 aromatic carbocycles. The van der Waals surface area contributed by atoms with Gasteiger partial charge >= 0.3 is 0 Å². The standard InChI is InChI=1S/C27H28N4O2S/c1-19-11-9-14-23(21(19)3)28-26(32)18-34-27-30-29-25(17-33-24-15-8-7-10-20(24)2)31(27)16-22-12-5-4-6-13-22/h4-15H,16-18H2,1-3H3,(H,28,32). The summed E-state index contributed by atoms with van der Waals surface area (Å²) in [5, 5.41) is 12.4. The number of aryl methyl sites for hydroxylation is 2. The third-order valence-electron chi connectivity index (χ3n) is 5.64. The third kappa shape index (κ3) is 5.85. The van der Waals surface area contributed by atoms with Crippen molar-refractivity contribution < 1.29 is 9.53 Å². The van der Waals surface area contributed by atoms with Crippen molar-refractivity contribution >= 4 is 23.4 Å². The molecule has 1 N–H and O–H groups in total. The van der Waals surface area contributed by atoms with Gasteiger partial charge in [0.05, 0.1) is 12.3 Å². The molecule has 4 rings (SSSR count). The molecule has 1 heterocycles. The smallest absolute Gasteiger partial charge is 0.234 e. The van der Waals surface area contributed by atoms with E-state index in [4.69, 9.17) is 4.74 Å². The maximum atomic E-state index is 12.7. The van der Waals surface area contributed by atoms with Crippen LogP contribution in [0.15, 0.2) is 78.0 Å². The van der Waals surface area contributed by atoms with Crippen LogP contribution in [-0.2, 0) is 17.9 Å². The first-order chi connectivity index (χ1) is 16.5. The summed E-state index contributed by atoms with van der Waals surface area (Å²) in [7, 11) is 0. The average Bonchev–Trinajstić information content (AvgIpc) is 3.22. The zero-order valence-corrected chi connectivity index (χ0v) is 20.4. The summed E-state index contributed by atoms with van der Waals surface area (Å²) in [6.45, 7) is 6.95. The van der Waals surface area contributed by atoms with Gasteiger partial charge in [0.15, 0.2) is 11.0 Å². The number of anilines is 1. The van der Waals surface area contributed by atoms with Crippen LogP contribution in [0, 0.1) is 20.8 Å². The van der Waals surface area contributed by atoms with E-state index in [1.165, 1.54) is 11.8 Å². The summed E-state index contributed by atoms with van der Waals surface area (Å²) in [4.78, 5) is 12.7. The first-order valence-electron chi connectivity index (χ1n) is 11.1. The van der Waals surface area contributed by atoms with E-state index < -0.39 is 0 Å². The van der Waals surface area contributed by atoms with Crippen LogP contribution in [0.4, 0.5) is 5.69 Å². The number of carbonyl (C=O) groups is 1. The molecule has 6 nitrogen and oxygen atoms in total. The van der Waals surface area contributed by atoms with Gasteiger partial charge in [-0.2, -0.15) is 0 Å². The molecular weight excluding hydrogens is 444 g/mol. The lowest BCUT2D eigenvalue weighted by molar-refractivity contribution is -0.113. The Morgan fingerprint density at radius 3 is 2.44 bits per heavy atom. The van der Waals surface area contributed by atoms with Crippen LogP contribution >= 0.6 is 11.8 Å². The highest BCUT2D eigenvalue weighted by Crippen LogP contribution is 2.23. The summed E-state index contributed by atoms with van der Waals surface area (Å²) < 4.78 is 8.05. The Hall–Kier alpha value is -3.58. The molecule has 0 aliphatic rings. The molecule has 0 saturated heterocycles. The molecule has 1 amide bonds. The van der Waals surface area contributed by atoms with E-state index in [2.05, 4.69) is 27.6 Å². The first-order valence-corrected chi connectivity index (χ1v) is 12.1. The monoisotopic (exact) mass is 472 g/mol. The molecule has 174 valence electrons. The van der Waals surface area contributed by atoms with Gasteiger partial charge in [-0.15, -0.1) is 10.2 Å². The van der Waals surface area contributed by atoms with Gasteiger partial charge in [0, 0.05) is 5.69 Å². The lowest BCUT2D eigenvalue weighted by Crippen LogP contribution is -2.16. The summed E-state index contributed by atoms with van der Waals surface area (Å²) in [5.41, 5.74) is 5.24. The Morgan fingerprint density at radius 1 is 0.912 bits per heavy atom. The van der Waals surface area contributed by atoms with Crippen molar-refractivity contribution in [2.75, 3.05) is 11.1 Å². The second-order valence-corrected chi connectivity index (χ2v) is 9.05. The number of benzene rings is 3. The van der Waals surface area contributed by atoms with Gasteiger partial charge in [-0.25, -0.2) is 0 Å². The van der Waals surface area contributed by atoms with Gasteiger partial charge in [-0.3, -0.25) is 9.36 Å². The highest BCUT2D eigenvalue weighted by atomic mass is 32.2. The normalized spacial score (nSPS) is 10.8. The van der Waals surface area contributed by atoms with E-state index in [1.54, 1.807) is 0 Å². The number of rotatable bonds is 9. The number of ether oxygens (including phenoxy) is 1. The van der Waals surface area contributed by atoms with Crippen LogP contribution in [0.3, 0.4) is 0 Å². The SMILES string of the molecule is Cc1ccccc1OCc1nnc(SCC(=O)Nc2cccc(C)c2C)n1Cc1ccccc1. The number of carbonyl (C=O) groups excluding carboxylic acids is 1. The van der Waals surface area contributed by atoms with Crippen molar-refractivity contribution in [3.63, 3.8) is 0 Å². The molecule has 0 fully saturated rings. The molecular formula is C27H28N4O2S. The highest BCUT2D eigenvalue weighted by Gasteiger charge is 2.16. The van der Waals surface area contributed by atoms with E-state index in [1.807, 2.05) is 86.0 Å². The van der Waals surface area contributed by atoms with Crippen LogP contribution in [0.1, 0.15) is 28.1 Å². The summed E-state index contributed by atoms with van der Waals surface area (Å²) in [6.07, 6.45) is 0. The fraction of sp³-hybridized carbons (Fsp3) is 0.222. The van der Waals surface area contributed by atoms with E-state index in [-0.39, 0.29) is 11.7 Å². The highest BCUT2D eigenvalue weighted by molar-refractivity contribution is 7.99. The zero-order chi connectivity index (χ0) is 23.9. The van der Waals surface area contributed by atoms with Crippen molar-refractivity contribution in [3.8, 4) is 5.75 Å². The fourth-order valence-electron chi connectivity index (χ4n) is 3.52. The van der Waals surface area contributed by atoms with Crippen molar-refractivity contribution in [3.05, 3.63) is 101 Å². The number of para-hydroxylation sites is 1. The maximum absolute atomic E-state index is 12.7. The minimum Gasteiger partial charge on any atom is -0.485 e. The molecule has 34 heavy (non-hydrogen) atoms. The molecule has 0 aliphatic heterocycles. The zero-order valence-electron chi connectivity index (χ0n) is 19.6. The van der Waals surface area contributed by atoms with Crippen LogP contribution in [0.25, 0.3) is 0 Å². The van der Waals surface area contributed by atoms with Gasteiger partial charge < -0.3 is 10.1 Å². The second kappa shape index (κ2) is 11.0. The average molecular weight is 473 g/mol. The van der Waals surface area contributed by atoms with Crippen LogP contribution in [0.5, 0.6) is 5.75 Å². The number of hydrogen-bond donors (Lipinski definition) is 1. The number of nitrogens with zero attached hydrogens (tertiary/aromatic N) is 3. The van der Waals surface area contributed by atoms with Crippen molar-refractivity contribution in [1.82, 2.24) is 14.8 Å². The van der Waals surface area contributed by atoms with E-state index in [9.17, 15) is 4.79 Å². The summed E-state index contributed by atoms with van der Waals surface area (Å²) >= 11 is 1.37. The van der Waals surface area contributed by atoms with Crippen LogP contribution < -0.4 is 10.1 Å². The minimum atomic E-state index is -0.0781. The number of hydrogen-bond acceptors (Lipinski definition) is 5. The quantitative estimate of drug-likeness (QED) is 0.323. The van der Waals surface area contributed by atoms with Gasteiger partial charge in [-0.1, -0.05) is 72.4 Å². The van der Waals surface area contributed by atoms with Crippen molar-refractivity contribution in [2.24, 2.45) is 0 Å². The Kier molecular flexibility index (Phi) is 7.65. The predicted molar refractivity (Wildman–Crippen MR) is 136 cm³/mol. The molecule has 4 aromatic rings. The molecule has 0 radical (unpaired) electrons. The van der Waals surface area contributed by atoms with E-state index in [0.29, 0.717) is 24.1 Å². The molecule has 1 aromatic heterocycles. The summed E-state index contributed by atoms with van der Waals surface area (Å²) in [6, 6.07) is 23.9. The van der Waals surface area contributed by atoms with Crippen LogP contribution in [-0.4, -0.2) is 26.4 Å². The van der Waals surface area contributed by atoms with E-state index in [0.717, 1.165) is 33.7 Å². The Bertz CT molecular complexity index is 1270. The molecule has 0 spiro atoms. The number of nitrogens with one attached hydrogen (secondary N) is 1. The van der Waals surface area contributed by atoms with Crippen LogP contribution in [0.2, 0.25) is 0 Å². The van der Waals surface area contributed by atoms with Crippen molar-refractivity contribution in [2.45, 2.75) is 39.1 Å². The lowest BCUT2D eigenvalue weighted by atomic mass is 10.1. The number of aromatic nitrogens is 3. The molecule has 0 aliphatic carbocycles. The Balaban J connectivity index is 1.48. The summed E-state index contributed by atoms with van der Waals surface area (Å²) in [5.74, 6) is 1.69. The topological polar surface area (TPSA) is 69.0 Å². The minimum absolute atomic E-state index is 0.0781. The molecule has 0 unspecified atom stereocenters. The predicted octanol–water partition coefficient (Wildman–Crippen LogP) is 5.56. The Labute approximate surface area is 204 Å². The number of amides is 1. The Morgan fingerprint density at radius 2 is 1.65 bits per heavy atom. The maximum Gasteiger partial charge on any atom is 0.234 e. The third-order valence-corrected chi connectivity index (χ3v) is 6.61. The van der Waals surface area contributed by atoms with E-state index >= 15 is 0 Å². The van der Waals surface area contributed by atoms with Gasteiger partial charge in [0.2, 0.25) is 5.91 Å². The molecule has 7 heteroatoms. The lowest BCUT2D eigenvalue weighted by Gasteiger charge is -2.13. The molecule has 0 saturated carbocycles. The first kappa shape index (κ1) is 23.6. The second-order valence-electron chi connectivity index (χ2n) is 8.11. The largest absolute Gasteiger partial charge is 0.485 e. The molecule has 0 atom stereocenters. The van der Waals surface area contributed by atoms with Gasteiger partial charge in [-0.05, 0) is 55.2 Å². The van der Waals surface area contributed by atoms with Crippen molar-refractivity contribution in [1.29, 1.82) is 0 Å². The van der Waals surface area contributed by atoms with Gasteiger partial charge in [0.1, 0.15) is 12.4 Å².